The number of benzene rings is 1. The fourth-order valence-corrected chi connectivity index (χ4v) is 4.21. The maximum Gasteiger partial charge on any atom is 0.190 e. The van der Waals surface area contributed by atoms with Crippen molar-refractivity contribution in [1.82, 2.24) is 0 Å². The Bertz CT molecular complexity index is 663. The van der Waals surface area contributed by atoms with Crippen LogP contribution in [0.25, 0.3) is 0 Å². The number of fused-ring (bicyclic) bond motifs is 1. The van der Waals surface area contributed by atoms with Gasteiger partial charge < -0.3 is 28.4 Å². The van der Waals surface area contributed by atoms with E-state index in [2.05, 4.69) is 34.7 Å². The molecule has 0 bridgehead atoms. The first-order valence-electron chi connectivity index (χ1n) is 8.92. The molecule has 0 aromatic heterocycles. The van der Waals surface area contributed by atoms with E-state index < -0.39 is 17.9 Å². The Morgan fingerprint density at radius 2 is 1.81 bits per heavy atom. The lowest BCUT2D eigenvalue weighted by atomic mass is 10.1. The quantitative estimate of drug-likeness (QED) is 0.623. The Morgan fingerprint density at radius 1 is 1.04 bits per heavy atom. The normalized spacial score (nSPS) is 37.8. The standard InChI is InChI=1S/C19H25IO6/c1-18(2)22-10-13(24-18)14-15(16-17(23-14)26-19(3,4)25-16)21-9-11-7-5-6-8-12(11)20/h5-8,13-17H,9-10H2,1-4H3/t13-,14+,15-,16+,17+/m0/s1. The van der Waals surface area contributed by atoms with Gasteiger partial charge in [-0.2, -0.15) is 0 Å². The molecule has 6 nitrogen and oxygen atoms in total. The Balaban J connectivity index is 1.51. The van der Waals surface area contributed by atoms with Gasteiger partial charge in [-0.25, -0.2) is 0 Å². The average molecular weight is 476 g/mol. The molecule has 1 aromatic rings. The van der Waals surface area contributed by atoms with Crippen molar-refractivity contribution in [2.24, 2.45) is 0 Å². The van der Waals surface area contributed by atoms with Gasteiger partial charge in [0.2, 0.25) is 0 Å². The van der Waals surface area contributed by atoms with E-state index in [0.717, 1.165) is 5.56 Å². The van der Waals surface area contributed by atoms with Crippen LogP contribution in [-0.4, -0.2) is 48.9 Å². The molecule has 5 atom stereocenters. The van der Waals surface area contributed by atoms with Crippen LogP contribution in [0.1, 0.15) is 33.3 Å². The Morgan fingerprint density at radius 3 is 2.50 bits per heavy atom. The van der Waals surface area contributed by atoms with E-state index in [0.29, 0.717) is 13.2 Å². The van der Waals surface area contributed by atoms with Crippen LogP contribution < -0.4 is 0 Å². The van der Waals surface area contributed by atoms with E-state index in [4.69, 9.17) is 28.4 Å². The van der Waals surface area contributed by atoms with Crippen molar-refractivity contribution in [2.75, 3.05) is 6.61 Å². The van der Waals surface area contributed by atoms with E-state index in [9.17, 15) is 0 Å². The van der Waals surface area contributed by atoms with Gasteiger partial charge in [0.15, 0.2) is 17.9 Å². The molecule has 0 aliphatic carbocycles. The SMILES string of the molecule is CC1(C)O[C@H]2O[C@H]([C@@H]3COC(C)(C)O3)[C@H](OCc3ccccc3I)[C@H]2O1. The predicted molar refractivity (Wildman–Crippen MR) is 101 cm³/mol. The summed E-state index contributed by atoms with van der Waals surface area (Å²) >= 11 is 2.32. The third-order valence-corrected chi connectivity index (χ3v) is 5.87. The molecule has 3 aliphatic heterocycles. The average Bonchev–Trinajstić information content (AvgIpc) is 3.16. The minimum atomic E-state index is -0.685. The van der Waals surface area contributed by atoms with Gasteiger partial charge in [0.1, 0.15) is 24.4 Å². The van der Waals surface area contributed by atoms with Crippen molar-refractivity contribution >= 4 is 22.6 Å². The summed E-state index contributed by atoms with van der Waals surface area (Å²) in [5.74, 6) is -1.30. The third-order valence-electron chi connectivity index (χ3n) is 4.81. The van der Waals surface area contributed by atoms with Crippen LogP contribution in [0.3, 0.4) is 0 Å². The van der Waals surface area contributed by atoms with Gasteiger partial charge in [-0.15, -0.1) is 0 Å². The van der Waals surface area contributed by atoms with Gasteiger partial charge in [-0.3, -0.25) is 0 Å². The summed E-state index contributed by atoms with van der Waals surface area (Å²) in [6, 6.07) is 8.17. The van der Waals surface area contributed by atoms with Gasteiger partial charge in [0.05, 0.1) is 13.2 Å². The monoisotopic (exact) mass is 476 g/mol. The van der Waals surface area contributed by atoms with Crippen molar-refractivity contribution in [1.29, 1.82) is 0 Å². The molecule has 1 aromatic carbocycles. The van der Waals surface area contributed by atoms with Crippen LogP contribution in [0.15, 0.2) is 24.3 Å². The zero-order valence-electron chi connectivity index (χ0n) is 15.4. The minimum absolute atomic E-state index is 0.217. The van der Waals surface area contributed by atoms with Crippen molar-refractivity contribution in [2.45, 2.75) is 76.6 Å². The first kappa shape index (κ1) is 19.0. The molecule has 0 radical (unpaired) electrons. The fraction of sp³-hybridized carbons (Fsp3) is 0.684. The van der Waals surface area contributed by atoms with Gasteiger partial charge in [-0.1, -0.05) is 18.2 Å². The van der Waals surface area contributed by atoms with E-state index >= 15 is 0 Å². The molecular formula is C19H25IO6. The van der Waals surface area contributed by atoms with E-state index in [-0.39, 0.29) is 24.4 Å². The number of ether oxygens (including phenoxy) is 6. The summed E-state index contributed by atoms with van der Waals surface area (Å²) in [6.07, 6.45) is -1.55. The highest BCUT2D eigenvalue weighted by Crippen LogP contribution is 2.42. The largest absolute Gasteiger partial charge is 0.368 e. The molecule has 0 unspecified atom stereocenters. The molecule has 26 heavy (non-hydrogen) atoms. The third kappa shape index (κ3) is 3.80. The summed E-state index contributed by atoms with van der Waals surface area (Å²) in [5.41, 5.74) is 1.14. The van der Waals surface area contributed by atoms with E-state index in [1.165, 1.54) is 3.57 Å². The van der Waals surface area contributed by atoms with Crippen molar-refractivity contribution in [3.63, 3.8) is 0 Å². The van der Waals surface area contributed by atoms with Crippen LogP contribution in [0, 0.1) is 3.57 Å². The molecule has 7 heteroatoms. The summed E-state index contributed by atoms with van der Waals surface area (Å²) < 4.78 is 37.3. The Hall–Kier alpha value is -0.290. The molecule has 3 saturated heterocycles. The highest BCUT2D eigenvalue weighted by Gasteiger charge is 2.58. The maximum absolute atomic E-state index is 6.30. The molecule has 0 N–H and O–H groups in total. The summed E-state index contributed by atoms with van der Waals surface area (Å²) in [5, 5.41) is 0. The lowest BCUT2D eigenvalue weighted by Crippen LogP contribution is -2.44. The Kier molecular flexibility index (Phi) is 5.09. The van der Waals surface area contributed by atoms with Crippen molar-refractivity contribution in [3.05, 3.63) is 33.4 Å². The number of rotatable bonds is 4. The van der Waals surface area contributed by atoms with Crippen LogP contribution in [0.2, 0.25) is 0 Å². The molecular weight excluding hydrogens is 451 g/mol. The van der Waals surface area contributed by atoms with Crippen LogP contribution in [0.5, 0.6) is 0 Å². The van der Waals surface area contributed by atoms with Gasteiger partial charge in [0.25, 0.3) is 0 Å². The fourth-order valence-electron chi connectivity index (χ4n) is 3.67. The Labute approximate surface area is 167 Å². The van der Waals surface area contributed by atoms with Crippen LogP contribution >= 0.6 is 22.6 Å². The molecule has 0 amide bonds. The lowest BCUT2D eigenvalue weighted by Gasteiger charge is -2.29. The second-order valence-corrected chi connectivity index (χ2v) is 8.97. The minimum Gasteiger partial charge on any atom is -0.368 e. The topological polar surface area (TPSA) is 55.4 Å². The van der Waals surface area contributed by atoms with Crippen molar-refractivity contribution in [3.8, 4) is 0 Å². The van der Waals surface area contributed by atoms with Gasteiger partial charge >= 0.3 is 0 Å². The molecule has 144 valence electrons. The molecule has 3 fully saturated rings. The number of halogens is 1. The second kappa shape index (κ2) is 6.95. The van der Waals surface area contributed by atoms with E-state index in [1.54, 1.807) is 0 Å². The predicted octanol–water partition coefficient (Wildman–Crippen LogP) is 3.20. The smallest absolute Gasteiger partial charge is 0.190 e. The van der Waals surface area contributed by atoms with Gasteiger partial charge in [0, 0.05) is 3.57 Å². The summed E-state index contributed by atoms with van der Waals surface area (Å²) in [4.78, 5) is 0. The van der Waals surface area contributed by atoms with Gasteiger partial charge in [-0.05, 0) is 61.9 Å². The number of hydrogen-bond acceptors (Lipinski definition) is 6. The second-order valence-electron chi connectivity index (χ2n) is 7.80. The first-order valence-corrected chi connectivity index (χ1v) is 10.00. The highest BCUT2D eigenvalue weighted by molar-refractivity contribution is 14.1. The molecule has 0 spiro atoms. The lowest BCUT2D eigenvalue weighted by molar-refractivity contribution is -0.236. The molecule has 4 rings (SSSR count). The zero-order valence-corrected chi connectivity index (χ0v) is 17.6. The number of hydrogen-bond donors (Lipinski definition) is 0. The van der Waals surface area contributed by atoms with Crippen LogP contribution in [0.4, 0.5) is 0 Å². The first-order chi connectivity index (χ1) is 12.2. The highest BCUT2D eigenvalue weighted by atomic mass is 127. The molecule has 3 aliphatic rings. The summed E-state index contributed by atoms with van der Waals surface area (Å²) in [6.45, 7) is 8.53. The van der Waals surface area contributed by atoms with Crippen LogP contribution in [-0.2, 0) is 35.0 Å². The zero-order chi connectivity index (χ0) is 18.5. The van der Waals surface area contributed by atoms with Crippen molar-refractivity contribution < 1.29 is 28.4 Å². The maximum atomic E-state index is 6.30. The van der Waals surface area contributed by atoms with E-state index in [1.807, 2.05) is 39.8 Å². The summed E-state index contributed by atoms with van der Waals surface area (Å²) in [7, 11) is 0. The molecule has 3 heterocycles. The molecule has 0 saturated carbocycles.